The topological polar surface area (TPSA) is 82.8 Å². The van der Waals surface area contributed by atoms with Crippen LogP contribution >= 0.6 is 0 Å². The first-order chi connectivity index (χ1) is 15.3. The highest BCUT2D eigenvalue weighted by Gasteiger charge is 2.26. The Balaban J connectivity index is 2.32. The number of aliphatic hydroxyl groups is 1. The second-order valence-corrected chi connectivity index (χ2v) is 15.9. The van der Waals surface area contributed by atoms with E-state index in [9.17, 15) is 14.3 Å². The van der Waals surface area contributed by atoms with Crippen molar-refractivity contribution in [2.75, 3.05) is 13.7 Å². The highest BCUT2D eigenvalue weighted by Crippen LogP contribution is 2.32. The summed E-state index contributed by atoms with van der Waals surface area (Å²) in [6.07, 6.45) is -0.0264. The second kappa shape index (κ2) is 11.3. The molecular formula is C24H37FN2O5Si. The van der Waals surface area contributed by atoms with Gasteiger partial charge in [-0.05, 0) is 50.6 Å². The van der Waals surface area contributed by atoms with E-state index >= 15 is 0 Å². The molecule has 184 valence electrons. The van der Waals surface area contributed by atoms with Gasteiger partial charge in [-0.25, -0.2) is 9.07 Å². The molecule has 1 aromatic heterocycles. The fourth-order valence-corrected chi connectivity index (χ4v) is 4.02. The van der Waals surface area contributed by atoms with E-state index in [2.05, 4.69) is 24.7 Å². The van der Waals surface area contributed by atoms with Crippen LogP contribution in [0.15, 0.2) is 24.3 Å². The van der Waals surface area contributed by atoms with Gasteiger partial charge in [0, 0.05) is 20.6 Å². The van der Waals surface area contributed by atoms with Crippen LogP contribution in [-0.2, 0) is 27.6 Å². The number of ether oxygens (including phenoxy) is 3. The smallest absolute Gasteiger partial charge is 0.307 e. The van der Waals surface area contributed by atoms with Crippen molar-refractivity contribution in [3.05, 3.63) is 47.0 Å². The molecule has 0 bridgehead atoms. The minimum absolute atomic E-state index is 0.0264. The van der Waals surface area contributed by atoms with E-state index in [1.54, 1.807) is 37.6 Å². The third kappa shape index (κ3) is 8.56. The van der Waals surface area contributed by atoms with Crippen molar-refractivity contribution in [3.8, 4) is 5.75 Å². The Kier molecular flexibility index (Phi) is 9.22. The number of hydrogen-bond acceptors (Lipinski definition) is 6. The van der Waals surface area contributed by atoms with Gasteiger partial charge in [0.1, 0.15) is 12.3 Å². The zero-order valence-electron chi connectivity index (χ0n) is 20.8. The first-order valence-corrected chi connectivity index (χ1v) is 14.8. The van der Waals surface area contributed by atoms with Crippen LogP contribution in [0.2, 0.25) is 25.7 Å². The predicted molar refractivity (Wildman–Crippen MR) is 128 cm³/mol. The molecule has 2 rings (SSSR count). The Bertz CT molecular complexity index is 934. The van der Waals surface area contributed by atoms with Crippen molar-refractivity contribution in [1.82, 2.24) is 9.78 Å². The molecule has 1 aromatic carbocycles. The molecule has 0 fully saturated rings. The molecule has 0 saturated heterocycles. The summed E-state index contributed by atoms with van der Waals surface area (Å²) in [5.74, 6) is -1.39. The number of benzene rings is 1. The Morgan fingerprint density at radius 2 is 1.94 bits per heavy atom. The van der Waals surface area contributed by atoms with Gasteiger partial charge in [-0.2, -0.15) is 5.10 Å². The van der Waals surface area contributed by atoms with Gasteiger partial charge in [-0.1, -0.05) is 25.7 Å². The van der Waals surface area contributed by atoms with Crippen LogP contribution < -0.4 is 4.74 Å². The van der Waals surface area contributed by atoms with Gasteiger partial charge >= 0.3 is 5.97 Å². The number of carbonyl (C=O) groups excluding carboxylic acids is 1. The molecule has 1 atom stereocenters. The largest absolute Gasteiger partial charge is 0.494 e. The molecule has 9 heteroatoms. The molecule has 0 aliphatic heterocycles. The number of methoxy groups -OCH3 is 1. The quantitative estimate of drug-likeness (QED) is 0.285. The Morgan fingerprint density at radius 3 is 2.48 bits per heavy atom. The molecule has 1 N–H and O–H groups in total. The molecule has 0 aliphatic carbocycles. The van der Waals surface area contributed by atoms with Gasteiger partial charge in [0.15, 0.2) is 11.6 Å². The van der Waals surface area contributed by atoms with E-state index in [1.807, 2.05) is 0 Å². The maximum atomic E-state index is 14.5. The molecule has 0 aliphatic rings. The molecule has 0 spiro atoms. The van der Waals surface area contributed by atoms with Crippen LogP contribution in [0.25, 0.3) is 0 Å². The molecule has 1 heterocycles. The maximum Gasteiger partial charge on any atom is 0.307 e. The average molecular weight is 481 g/mol. The first-order valence-electron chi connectivity index (χ1n) is 11.1. The summed E-state index contributed by atoms with van der Waals surface area (Å²) in [7, 11) is 0.170. The maximum absolute atomic E-state index is 14.5. The lowest BCUT2D eigenvalue weighted by molar-refractivity contribution is -0.155. The minimum atomic E-state index is -1.23. The number of aromatic nitrogens is 2. The molecule has 0 radical (unpaired) electrons. The SMILES string of the molecule is COc1ccc(C(CC(=O)OC(C)(C)C)c2cc(CO)n(COCC[Si](C)(C)C)n2)cc1F. The van der Waals surface area contributed by atoms with Crippen molar-refractivity contribution >= 4 is 14.0 Å². The van der Waals surface area contributed by atoms with Gasteiger partial charge < -0.3 is 19.3 Å². The average Bonchev–Trinajstić information content (AvgIpc) is 3.10. The third-order valence-electron chi connectivity index (χ3n) is 4.98. The van der Waals surface area contributed by atoms with Crippen molar-refractivity contribution < 1.29 is 28.5 Å². The Hall–Kier alpha value is -2.23. The number of rotatable bonds is 11. The number of halogens is 1. The number of esters is 1. The lowest BCUT2D eigenvalue weighted by Gasteiger charge is -2.22. The predicted octanol–water partition coefficient (Wildman–Crippen LogP) is 4.70. The molecular weight excluding hydrogens is 443 g/mol. The zero-order chi connectivity index (χ0) is 24.8. The van der Waals surface area contributed by atoms with Crippen molar-refractivity contribution in [2.45, 2.75) is 77.7 Å². The monoisotopic (exact) mass is 480 g/mol. The summed E-state index contributed by atoms with van der Waals surface area (Å²) in [6.45, 7) is 12.8. The van der Waals surface area contributed by atoms with Gasteiger partial charge in [0.2, 0.25) is 0 Å². The number of hydrogen-bond donors (Lipinski definition) is 1. The summed E-state index contributed by atoms with van der Waals surface area (Å²) < 4.78 is 32.4. The lowest BCUT2D eigenvalue weighted by Crippen LogP contribution is -2.25. The molecule has 0 saturated carbocycles. The molecule has 33 heavy (non-hydrogen) atoms. The van der Waals surface area contributed by atoms with E-state index in [1.165, 1.54) is 19.2 Å². The van der Waals surface area contributed by atoms with E-state index in [0.717, 1.165) is 6.04 Å². The fourth-order valence-electron chi connectivity index (χ4n) is 3.26. The van der Waals surface area contributed by atoms with Gasteiger partial charge in [0.25, 0.3) is 0 Å². The van der Waals surface area contributed by atoms with E-state index in [0.29, 0.717) is 23.6 Å². The van der Waals surface area contributed by atoms with Crippen LogP contribution in [0.1, 0.15) is 50.1 Å². The van der Waals surface area contributed by atoms with Gasteiger partial charge in [-0.3, -0.25) is 4.79 Å². The number of aliphatic hydroxyl groups excluding tert-OH is 1. The summed E-state index contributed by atoms with van der Waals surface area (Å²) in [5, 5.41) is 14.4. The summed E-state index contributed by atoms with van der Waals surface area (Å²) >= 11 is 0. The highest BCUT2D eigenvalue weighted by molar-refractivity contribution is 6.76. The fraction of sp³-hybridized carbons (Fsp3) is 0.583. The lowest BCUT2D eigenvalue weighted by atomic mass is 9.92. The molecule has 0 amide bonds. The minimum Gasteiger partial charge on any atom is -0.494 e. The molecule has 7 nitrogen and oxygen atoms in total. The van der Waals surface area contributed by atoms with Crippen LogP contribution in [0.4, 0.5) is 4.39 Å². The third-order valence-corrected chi connectivity index (χ3v) is 6.68. The van der Waals surface area contributed by atoms with Crippen molar-refractivity contribution in [1.29, 1.82) is 0 Å². The van der Waals surface area contributed by atoms with E-state index in [4.69, 9.17) is 14.2 Å². The standard InChI is InChI=1S/C24H37FN2O5Si/c1-24(2,3)32-23(29)14-19(17-8-9-22(30-4)20(25)12-17)21-13-18(15-28)27(26-21)16-31-10-11-33(5,6)7/h8-9,12-13,19,28H,10-11,14-16H2,1-7H3. The van der Waals surface area contributed by atoms with Crippen LogP contribution in [0.3, 0.4) is 0 Å². The zero-order valence-corrected chi connectivity index (χ0v) is 21.8. The molecule has 2 aromatic rings. The van der Waals surface area contributed by atoms with Crippen molar-refractivity contribution in [3.63, 3.8) is 0 Å². The van der Waals surface area contributed by atoms with Gasteiger partial charge in [0.05, 0.1) is 31.5 Å². The van der Waals surface area contributed by atoms with Crippen molar-refractivity contribution in [2.24, 2.45) is 0 Å². The highest BCUT2D eigenvalue weighted by atomic mass is 28.3. The summed E-state index contributed by atoms with van der Waals surface area (Å²) in [6, 6.07) is 7.31. The normalized spacial score (nSPS) is 13.1. The second-order valence-electron chi connectivity index (χ2n) is 10.3. The van der Waals surface area contributed by atoms with E-state index < -0.39 is 31.4 Å². The van der Waals surface area contributed by atoms with Crippen LogP contribution in [0, 0.1) is 5.82 Å². The number of carbonyl (C=O) groups is 1. The summed E-state index contributed by atoms with van der Waals surface area (Å²) in [4.78, 5) is 12.6. The Labute approximate surface area is 196 Å². The van der Waals surface area contributed by atoms with Crippen LogP contribution in [-0.4, -0.2) is 48.2 Å². The summed E-state index contributed by atoms with van der Waals surface area (Å²) in [5.41, 5.74) is 1.00. The van der Waals surface area contributed by atoms with E-state index in [-0.39, 0.29) is 25.5 Å². The number of nitrogens with zero attached hydrogens (tertiary/aromatic N) is 2. The van der Waals surface area contributed by atoms with Crippen LogP contribution in [0.5, 0.6) is 5.75 Å². The Morgan fingerprint density at radius 1 is 1.24 bits per heavy atom. The first kappa shape index (κ1) is 27.0. The van der Waals surface area contributed by atoms with Gasteiger partial charge in [-0.15, -0.1) is 0 Å². The molecule has 1 unspecified atom stereocenters.